The molecule has 0 radical (unpaired) electrons. The number of nitrogens with zero attached hydrogens (tertiary/aromatic N) is 3. The van der Waals surface area contributed by atoms with Crippen LogP contribution in [0.2, 0.25) is 0 Å². The third kappa shape index (κ3) is 7.35. The molecular weight excluding hydrogens is 525 g/mol. The van der Waals surface area contributed by atoms with Gasteiger partial charge in [-0.3, -0.25) is 9.67 Å². The van der Waals surface area contributed by atoms with Crippen LogP contribution < -0.4 is 10.6 Å². The van der Waals surface area contributed by atoms with E-state index in [1.807, 2.05) is 47.4 Å². The van der Waals surface area contributed by atoms with Gasteiger partial charge in [-0.05, 0) is 29.7 Å². The Kier molecular flexibility index (Phi) is 9.05. The van der Waals surface area contributed by atoms with Crippen molar-refractivity contribution in [2.24, 2.45) is 4.99 Å². The van der Waals surface area contributed by atoms with E-state index in [4.69, 9.17) is 0 Å². The smallest absolute Gasteiger partial charge is 0.191 e. The fraction of sp³-hybridized carbons (Fsp3) is 0.273. The van der Waals surface area contributed by atoms with E-state index in [0.29, 0.717) is 23.9 Å². The minimum absolute atomic E-state index is 0. The molecule has 0 spiro atoms. The average Bonchev–Trinajstić information content (AvgIpc) is 3.15. The van der Waals surface area contributed by atoms with Gasteiger partial charge < -0.3 is 10.6 Å². The van der Waals surface area contributed by atoms with Gasteiger partial charge in [-0.25, -0.2) is 8.42 Å². The highest BCUT2D eigenvalue weighted by molar-refractivity contribution is 14.0. The van der Waals surface area contributed by atoms with E-state index in [9.17, 15) is 8.42 Å². The highest BCUT2D eigenvalue weighted by Crippen LogP contribution is 2.16. The van der Waals surface area contributed by atoms with Gasteiger partial charge in [0.2, 0.25) is 0 Å². The average molecular weight is 553 g/mol. The first-order valence-electron chi connectivity index (χ1n) is 9.64. The van der Waals surface area contributed by atoms with Gasteiger partial charge >= 0.3 is 0 Å². The number of aromatic nitrogens is 2. The molecule has 2 N–H and O–H groups in total. The van der Waals surface area contributed by atoms with E-state index in [2.05, 4.69) is 32.9 Å². The molecule has 0 saturated carbocycles. The van der Waals surface area contributed by atoms with Crippen molar-refractivity contribution in [1.29, 1.82) is 0 Å². The largest absolute Gasteiger partial charge is 0.352 e. The number of halogens is 1. The summed E-state index contributed by atoms with van der Waals surface area (Å²) in [6, 6.07) is 15.5. The topological polar surface area (TPSA) is 88.4 Å². The fourth-order valence-electron chi connectivity index (χ4n) is 3.18. The summed E-state index contributed by atoms with van der Waals surface area (Å²) in [6.45, 7) is 3.68. The molecular formula is C22H28IN5O2S. The first-order chi connectivity index (χ1) is 14.3. The zero-order valence-corrected chi connectivity index (χ0v) is 21.0. The monoisotopic (exact) mass is 553 g/mol. The van der Waals surface area contributed by atoms with Gasteiger partial charge in [-0.1, -0.05) is 42.5 Å². The lowest BCUT2D eigenvalue weighted by Crippen LogP contribution is -2.36. The number of aliphatic imine (C=N–C) groups is 1. The number of rotatable bonds is 7. The number of nitrogens with one attached hydrogen (secondary N) is 2. The van der Waals surface area contributed by atoms with E-state index in [-0.39, 0.29) is 24.0 Å². The van der Waals surface area contributed by atoms with Crippen LogP contribution in [0, 0.1) is 6.92 Å². The molecule has 3 aromatic rings. The second-order valence-corrected chi connectivity index (χ2v) is 9.17. The van der Waals surface area contributed by atoms with Crippen molar-refractivity contribution < 1.29 is 8.42 Å². The molecule has 0 saturated heterocycles. The number of sulfone groups is 1. The fourth-order valence-corrected chi connectivity index (χ4v) is 4.14. The van der Waals surface area contributed by atoms with Gasteiger partial charge in [-0.2, -0.15) is 5.10 Å². The third-order valence-electron chi connectivity index (χ3n) is 4.66. The van der Waals surface area contributed by atoms with Gasteiger partial charge in [0.1, 0.15) is 0 Å². The Hall–Kier alpha value is -2.40. The molecule has 0 atom stereocenters. The number of benzene rings is 2. The maximum atomic E-state index is 11.7. The standard InChI is InChI=1S/C22H27N5O2S.HI/c1-17-11-19(9-10-21(17)30(3,28)29)12-24-22(23-2)25-13-20-14-26-27(16-20)15-18-7-5-4-6-8-18;/h4-11,14,16H,12-13,15H2,1-3H3,(H2,23,24,25);1H. The molecule has 0 amide bonds. The predicted molar refractivity (Wildman–Crippen MR) is 135 cm³/mol. The van der Waals surface area contributed by atoms with Crippen LogP contribution in [0.15, 0.2) is 70.8 Å². The van der Waals surface area contributed by atoms with Gasteiger partial charge in [0.15, 0.2) is 15.8 Å². The second kappa shape index (κ2) is 11.3. The van der Waals surface area contributed by atoms with Crippen LogP contribution in [0.25, 0.3) is 0 Å². The molecule has 7 nitrogen and oxygen atoms in total. The second-order valence-electron chi connectivity index (χ2n) is 7.18. The molecule has 31 heavy (non-hydrogen) atoms. The summed E-state index contributed by atoms with van der Waals surface area (Å²) in [5.41, 5.74) is 3.99. The zero-order valence-electron chi connectivity index (χ0n) is 17.9. The van der Waals surface area contributed by atoms with E-state index in [1.54, 1.807) is 20.0 Å². The molecule has 166 valence electrons. The van der Waals surface area contributed by atoms with Crippen LogP contribution in [0.5, 0.6) is 0 Å². The molecule has 3 rings (SSSR count). The lowest BCUT2D eigenvalue weighted by Gasteiger charge is -2.12. The third-order valence-corrected chi connectivity index (χ3v) is 5.91. The van der Waals surface area contributed by atoms with E-state index in [1.165, 1.54) is 11.8 Å². The Morgan fingerprint density at radius 2 is 1.71 bits per heavy atom. The first-order valence-corrected chi connectivity index (χ1v) is 11.5. The summed E-state index contributed by atoms with van der Waals surface area (Å²) in [4.78, 5) is 4.61. The molecule has 1 heterocycles. The van der Waals surface area contributed by atoms with Crippen LogP contribution in [-0.2, 0) is 29.5 Å². The van der Waals surface area contributed by atoms with Crippen molar-refractivity contribution in [1.82, 2.24) is 20.4 Å². The van der Waals surface area contributed by atoms with Gasteiger partial charge in [-0.15, -0.1) is 24.0 Å². The number of hydrogen-bond donors (Lipinski definition) is 2. The zero-order chi connectivity index (χ0) is 21.6. The van der Waals surface area contributed by atoms with Gasteiger partial charge in [0.25, 0.3) is 0 Å². The maximum absolute atomic E-state index is 11.7. The van der Waals surface area contributed by atoms with Crippen molar-refractivity contribution in [2.45, 2.75) is 31.5 Å². The van der Waals surface area contributed by atoms with Crippen molar-refractivity contribution in [2.75, 3.05) is 13.3 Å². The summed E-state index contributed by atoms with van der Waals surface area (Å²) in [6.07, 6.45) is 5.08. The van der Waals surface area contributed by atoms with Crippen molar-refractivity contribution >= 4 is 39.8 Å². The molecule has 1 aromatic heterocycles. The normalized spacial score (nSPS) is 11.6. The quantitative estimate of drug-likeness (QED) is 0.267. The Morgan fingerprint density at radius 1 is 1.03 bits per heavy atom. The Labute approximate surface area is 200 Å². The summed E-state index contributed by atoms with van der Waals surface area (Å²) in [5, 5.41) is 10.9. The van der Waals surface area contributed by atoms with E-state index >= 15 is 0 Å². The van der Waals surface area contributed by atoms with Crippen LogP contribution in [0.4, 0.5) is 0 Å². The minimum Gasteiger partial charge on any atom is -0.352 e. The molecule has 2 aromatic carbocycles. The molecule has 0 bridgehead atoms. The Bertz CT molecular complexity index is 1130. The highest BCUT2D eigenvalue weighted by atomic mass is 127. The Morgan fingerprint density at radius 3 is 2.32 bits per heavy atom. The Balaban J connectivity index is 0.00000341. The molecule has 9 heteroatoms. The number of hydrogen-bond acceptors (Lipinski definition) is 4. The summed E-state index contributed by atoms with van der Waals surface area (Å²) in [5.74, 6) is 0.663. The lowest BCUT2D eigenvalue weighted by atomic mass is 10.1. The van der Waals surface area contributed by atoms with Crippen molar-refractivity contribution in [3.63, 3.8) is 0 Å². The number of guanidine groups is 1. The van der Waals surface area contributed by atoms with Crippen molar-refractivity contribution in [3.05, 3.63) is 83.2 Å². The lowest BCUT2D eigenvalue weighted by molar-refractivity contribution is 0.601. The van der Waals surface area contributed by atoms with Crippen molar-refractivity contribution in [3.8, 4) is 0 Å². The first kappa shape index (κ1) is 24.9. The number of aryl methyl sites for hydroxylation is 1. The molecule has 0 fully saturated rings. The summed E-state index contributed by atoms with van der Waals surface area (Å²) >= 11 is 0. The summed E-state index contributed by atoms with van der Waals surface area (Å²) < 4.78 is 25.4. The summed E-state index contributed by atoms with van der Waals surface area (Å²) in [7, 11) is -1.49. The molecule has 0 aliphatic carbocycles. The molecule has 0 unspecified atom stereocenters. The van der Waals surface area contributed by atoms with E-state index < -0.39 is 9.84 Å². The molecule has 0 aliphatic heterocycles. The van der Waals surface area contributed by atoms with Crippen LogP contribution in [0.3, 0.4) is 0 Å². The van der Waals surface area contributed by atoms with Crippen LogP contribution >= 0.6 is 24.0 Å². The van der Waals surface area contributed by atoms with Gasteiger partial charge in [0, 0.05) is 38.2 Å². The molecule has 0 aliphatic rings. The highest BCUT2D eigenvalue weighted by Gasteiger charge is 2.11. The minimum atomic E-state index is -3.21. The van der Waals surface area contributed by atoms with Crippen LogP contribution in [0.1, 0.15) is 22.3 Å². The SMILES string of the molecule is CN=C(NCc1ccc(S(C)(=O)=O)c(C)c1)NCc1cnn(Cc2ccccc2)c1.I. The van der Waals surface area contributed by atoms with Gasteiger partial charge in [0.05, 0.1) is 17.6 Å². The van der Waals surface area contributed by atoms with E-state index in [0.717, 1.165) is 23.2 Å². The predicted octanol–water partition coefficient (Wildman–Crippen LogP) is 3.13. The maximum Gasteiger partial charge on any atom is 0.191 e. The van der Waals surface area contributed by atoms with Crippen LogP contribution in [-0.4, -0.2) is 37.5 Å².